The van der Waals surface area contributed by atoms with Gasteiger partial charge in [-0.25, -0.2) is 0 Å². The molecular weight excluding hydrogens is 232 g/mol. The van der Waals surface area contributed by atoms with Crippen LogP contribution in [0, 0.1) is 5.41 Å². The Kier molecular flexibility index (Phi) is 4.94. The summed E-state index contributed by atoms with van der Waals surface area (Å²) >= 11 is 0. The van der Waals surface area contributed by atoms with E-state index in [0.717, 1.165) is 6.04 Å². The van der Waals surface area contributed by atoms with Crippen molar-refractivity contribution < 1.29 is 0 Å². The zero-order valence-corrected chi connectivity index (χ0v) is 13.4. The van der Waals surface area contributed by atoms with Crippen LogP contribution in [-0.4, -0.2) is 30.1 Å². The minimum absolute atomic E-state index is 0.153. The third-order valence-electron chi connectivity index (χ3n) is 5.74. The first-order chi connectivity index (χ1) is 8.90. The molecule has 0 bridgehead atoms. The van der Waals surface area contributed by atoms with E-state index in [2.05, 4.69) is 25.8 Å². The van der Waals surface area contributed by atoms with Gasteiger partial charge in [0.2, 0.25) is 0 Å². The predicted molar refractivity (Wildman–Crippen MR) is 83.3 cm³/mol. The Balaban J connectivity index is 1.73. The van der Waals surface area contributed by atoms with Gasteiger partial charge in [0.25, 0.3) is 0 Å². The molecule has 2 nitrogen and oxygen atoms in total. The zero-order valence-electron chi connectivity index (χ0n) is 13.4. The highest BCUT2D eigenvalue weighted by Crippen LogP contribution is 2.37. The molecular formula is C17H34N2. The SMILES string of the molecule is CN(CCC1(N)CCCCC1)C1CCC(C)(C)CC1. The van der Waals surface area contributed by atoms with Gasteiger partial charge in [0, 0.05) is 11.6 Å². The molecule has 112 valence electrons. The van der Waals surface area contributed by atoms with Crippen molar-refractivity contribution in [1.82, 2.24) is 4.90 Å². The third-order valence-corrected chi connectivity index (χ3v) is 5.74. The molecule has 0 radical (unpaired) electrons. The maximum Gasteiger partial charge on any atom is 0.0166 e. The van der Waals surface area contributed by atoms with E-state index in [0.29, 0.717) is 5.41 Å². The lowest BCUT2D eigenvalue weighted by atomic mass is 9.75. The van der Waals surface area contributed by atoms with Crippen molar-refractivity contribution in [1.29, 1.82) is 0 Å². The Bertz CT molecular complexity index is 269. The molecule has 19 heavy (non-hydrogen) atoms. The summed E-state index contributed by atoms with van der Waals surface area (Å²) in [6.07, 6.45) is 13.3. The number of nitrogens with zero attached hydrogens (tertiary/aromatic N) is 1. The molecule has 2 N–H and O–H groups in total. The third kappa shape index (κ3) is 4.46. The van der Waals surface area contributed by atoms with Gasteiger partial charge in [-0.3, -0.25) is 0 Å². The van der Waals surface area contributed by atoms with Crippen molar-refractivity contribution in [2.24, 2.45) is 11.1 Å². The second-order valence-electron chi connectivity index (χ2n) is 8.05. The van der Waals surface area contributed by atoms with Gasteiger partial charge in [0.1, 0.15) is 0 Å². The van der Waals surface area contributed by atoms with E-state index < -0.39 is 0 Å². The summed E-state index contributed by atoms with van der Waals surface area (Å²) in [6.45, 7) is 6.03. The fraction of sp³-hybridized carbons (Fsp3) is 1.00. The highest BCUT2D eigenvalue weighted by molar-refractivity contribution is 4.89. The average Bonchev–Trinajstić information content (AvgIpc) is 2.37. The van der Waals surface area contributed by atoms with Crippen molar-refractivity contribution in [3.63, 3.8) is 0 Å². The van der Waals surface area contributed by atoms with E-state index in [1.165, 1.54) is 70.8 Å². The molecule has 0 aromatic heterocycles. The van der Waals surface area contributed by atoms with E-state index in [1.54, 1.807) is 0 Å². The lowest BCUT2D eigenvalue weighted by Crippen LogP contribution is -2.46. The summed E-state index contributed by atoms with van der Waals surface area (Å²) in [6, 6.07) is 0.806. The maximum atomic E-state index is 6.55. The fourth-order valence-electron chi connectivity index (χ4n) is 3.91. The molecule has 2 saturated carbocycles. The Morgan fingerprint density at radius 2 is 1.58 bits per heavy atom. The van der Waals surface area contributed by atoms with Crippen LogP contribution in [-0.2, 0) is 0 Å². The molecule has 0 saturated heterocycles. The minimum Gasteiger partial charge on any atom is -0.325 e. The summed E-state index contributed by atoms with van der Waals surface area (Å²) in [4.78, 5) is 2.60. The maximum absolute atomic E-state index is 6.55. The fourth-order valence-corrected chi connectivity index (χ4v) is 3.91. The van der Waals surface area contributed by atoms with Crippen molar-refractivity contribution >= 4 is 0 Å². The minimum atomic E-state index is 0.153. The first-order valence-electron chi connectivity index (χ1n) is 8.39. The van der Waals surface area contributed by atoms with Gasteiger partial charge < -0.3 is 10.6 Å². The van der Waals surface area contributed by atoms with E-state index in [4.69, 9.17) is 5.73 Å². The lowest BCUT2D eigenvalue weighted by Gasteiger charge is -2.40. The van der Waals surface area contributed by atoms with Gasteiger partial charge in [0.05, 0.1) is 0 Å². The standard InChI is InChI=1S/C17H34N2/c1-16(2)11-7-15(8-12-16)19(3)14-13-17(18)9-5-4-6-10-17/h15H,4-14,18H2,1-3H3. The largest absolute Gasteiger partial charge is 0.325 e. The normalized spacial score (nSPS) is 27.6. The van der Waals surface area contributed by atoms with Crippen LogP contribution in [0.5, 0.6) is 0 Å². The van der Waals surface area contributed by atoms with Gasteiger partial charge in [-0.2, -0.15) is 0 Å². The molecule has 2 rings (SSSR count). The number of hydrogen-bond acceptors (Lipinski definition) is 2. The van der Waals surface area contributed by atoms with Crippen LogP contribution in [0.3, 0.4) is 0 Å². The Morgan fingerprint density at radius 3 is 2.16 bits per heavy atom. The number of nitrogens with two attached hydrogens (primary N) is 1. The van der Waals surface area contributed by atoms with E-state index >= 15 is 0 Å². The first-order valence-corrected chi connectivity index (χ1v) is 8.39. The van der Waals surface area contributed by atoms with E-state index in [-0.39, 0.29) is 5.54 Å². The summed E-state index contributed by atoms with van der Waals surface area (Å²) in [5.74, 6) is 0. The van der Waals surface area contributed by atoms with Gasteiger partial charge in [0.15, 0.2) is 0 Å². The van der Waals surface area contributed by atoms with Crippen LogP contribution in [0.4, 0.5) is 0 Å². The van der Waals surface area contributed by atoms with Crippen LogP contribution in [0.1, 0.15) is 78.1 Å². The van der Waals surface area contributed by atoms with Crippen LogP contribution in [0.2, 0.25) is 0 Å². The van der Waals surface area contributed by atoms with Crippen LogP contribution in [0.25, 0.3) is 0 Å². The van der Waals surface area contributed by atoms with Crippen molar-refractivity contribution in [3.05, 3.63) is 0 Å². The molecule has 0 aliphatic heterocycles. The second kappa shape index (κ2) is 6.13. The molecule has 0 aromatic rings. The summed E-state index contributed by atoms with van der Waals surface area (Å²) in [5, 5.41) is 0. The lowest BCUT2D eigenvalue weighted by molar-refractivity contribution is 0.116. The van der Waals surface area contributed by atoms with Crippen LogP contribution >= 0.6 is 0 Å². The quantitative estimate of drug-likeness (QED) is 0.835. The second-order valence-corrected chi connectivity index (χ2v) is 8.05. The smallest absolute Gasteiger partial charge is 0.0166 e. The highest BCUT2D eigenvalue weighted by Gasteiger charge is 2.31. The predicted octanol–water partition coefficient (Wildman–Crippen LogP) is 3.94. The van der Waals surface area contributed by atoms with Gasteiger partial charge in [-0.1, -0.05) is 33.1 Å². The summed E-state index contributed by atoms with van der Waals surface area (Å²) in [5.41, 5.74) is 7.29. The molecule has 2 fully saturated rings. The average molecular weight is 266 g/mol. The molecule has 2 heteroatoms. The van der Waals surface area contributed by atoms with Gasteiger partial charge in [-0.15, -0.1) is 0 Å². The van der Waals surface area contributed by atoms with Gasteiger partial charge in [-0.05, 0) is 64.0 Å². The molecule has 0 spiro atoms. The van der Waals surface area contributed by atoms with Crippen LogP contribution < -0.4 is 5.73 Å². The Hall–Kier alpha value is -0.0800. The molecule has 0 heterocycles. The van der Waals surface area contributed by atoms with Crippen LogP contribution in [0.15, 0.2) is 0 Å². The Labute approximate surface area is 120 Å². The molecule has 0 unspecified atom stereocenters. The first kappa shape index (κ1) is 15.3. The molecule has 2 aliphatic rings. The zero-order chi connectivity index (χ0) is 13.9. The van der Waals surface area contributed by atoms with Crippen molar-refractivity contribution in [2.75, 3.05) is 13.6 Å². The van der Waals surface area contributed by atoms with Gasteiger partial charge >= 0.3 is 0 Å². The summed E-state index contributed by atoms with van der Waals surface area (Å²) < 4.78 is 0. The van der Waals surface area contributed by atoms with Crippen molar-refractivity contribution in [2.45, 2.75) is 89.6 Å². The molecule has 0 aromatic carbocycles. The topological polar surface area (TPSA) is 29.3 Å². The van der Waals surface area contributed by atoms with E-state index in [1.807, 2.05) is 0 Å². The Morgan fingerprint density at radius 1 is 1.00 bits per heavy atom. The summed E-state index contributed by atoms with van der Waals surface area (Å²) in [7, 11) is 2.31. The molecule has 0 amide bonds. The highest BCUT2D eigenvalue weighted by atomic mass is 15.1. The molecule has 2 aliphatic carbocycles. The number of rotatable bonds is 4. The monoisotopic (exact) mass is 266 g/mol. The van der Waals surface area contributed by atoms with Crippen molar-refractivity contribution in [3.8, 4) is 0 Å². The number of hydrogen-bond donors (Lipinski definition) is 1. The molecule has 0 atom stereocenters. The van der Waals surface area contributed by atoms with E-state index in [9.17, 15) is 0 Å².